The Labute approximate surface area is 183 Å². The van der Waals surface area contributed by atoms with Crippen LogP contribution in [0.15, 0.2) is 57.8 Å². The van der Waals surface area contributed by atoms with Crippen LogP contribution in [0.1, 0.15) is 23.4 Å². The Kier molecular flexibility index (Phi) is 5.86. The zero-order valence-electron chi connectivity index (χ0n) is 17.2. The quantitative estimate of drug-likeness (QED) is 0.490. The summed E-state index contributed by atoms with van der Waals surface area (Å²) in [5.41, 5.74) is 2.87. The van der Waals surface area contributed by atoms with Crippen molar-refractivity contribution in [2.75, 3.05) is 7.05 Å². The minimum Gasteiger partial charge on any atom is -0.341 e. The van der Waals surface area contributed by atoms with Crippen molar-refractivity contribution in [2.45, 2.75) is 26.3 Å². The molecule has 4 rings (SSSR count). The van der Waals surface area contributed by atoms with Crippen LogP contribution in [0, 0.1) is 6.92 Å². The lowest BCUT2D eigenvalue weighted by atomic mass is 10.1. The molecule has 1 N–H and O–H groups in total. The molecule has 0 fully saturated rings. The first kappa shape index (κ1) is 20.8. The number of fused-ring (bicyclic) bond motifs is 1. The minimum absolute atomic E-state index is 0.0475. The summed E-state index contributed by atoms with van der Waals surface area (Å²) in [6.07, 6.45) is 0.514. The van der Waals surface area contributed by atoms with Crippen LogP contribution in [-0.4, -0.2) is 33.0 Å². The maximum Gasteiger partial charge on any atom is 0.259 e. The maximum absolute atomic E-state index is 12.5. The molecule has 0 unspecified atom stereocenters. The number of aromatic amines is 1. The molecule has 0 aliphatic carbocycles. The van der Waals surface area contributed by atoms with E-state index in [1.54, 1.807) is 30.1 Å². The molecular formula is C23H21ClN4O3. The number of nitrogens with zero attached hydrogens (tertiary/aromatic N) is 3. The van der Waals surface area contributed by atoms with Crippen molar-refractivity contribution in [3.63, 3.8) is 0 Å². The van der Waals surface area contributed by atoms with Crippen LogP contribution in [0.2, 0.25) is 5.02 Å². The third-order valence-corrected chi connectivity index (χ3v) is 5.27. The first-order chi connectivity index (χ1) is 14.9. The minimum atomic E-state index is -0.289. The van der Waals surface area contributed by atoms with Crippen LogP contribution in [0.25, 0.3) is 22.3 Å². The average Bonchev–Trinajstić information content (AvgIpc) is 3.22. The van der Waals surface area contributed by atoms with Gasteiger partial charge in [0.1, 0.15) is 0 Å². The molecule has 158 valence electrons. The fraction of sp³-hybridized carbons (Fsp3) is 0.217. The van der Waals surface area contributed by atoms with Gasteiger partial charge >= 0.3 is 0 Å². The predicted molar refractivity (Wildman–Crippen MR) is 119 cm³/mol. The van der Waals surface area contributed by atoms with Crippen molar-refractivity contribution < 1.29 is 9.32 Å². The number of halogens is 1. The first-order valence-electron chi connectivity index (χ1n) is 9.84. The van der Waals surface area contributed by atoms with Gasteiger partial charge in [0.15, 0.2) is 0 Å². The van der Waals surface area contributed by atoms with Gasteiger partial charge in [0.05, 0.1) is 5.56 Å². The van der Waals surface area contributed by atoms with E-state index in [9.17, 15) is 9.59 Å². The van der Waals surface area contributed by atoms with Crippen molar-refractivity contribution >= 4 is 28.4 Å². The molecule has 0 bridgehead atoms. The summed E-state index contributed by atoms with van der Waals surface area (Å²) in [6.45, 7) is 2.47. The molecule has 0 aliphatic heterocycles. The van der Waals surface area contributed by atoms with Gasteiger partial charge in [-0.25, -0.2) is 0 Å². The second kappa shape index (κ2) is 8.73. The maximum atomic E-state index is 12.5. The Hall–Kier alpha value is -3.45. The molecule has 2 aromatic carbocycles. The molecular weight excluding hydrogens is 416 g/mol. The van der Waals surface area contributed by atoms with Gasteiger partial charge in [-0.1, -0.05) is 40.5 Å². The van der Waals surface area contributed by atoms with E-state index in [0.717, 1.165) is 22.0 Å². The molecule has 0 aliphatic rings. The lowest BCUT2D eigenvalue weighted by Crippen LogP contribution is -2.26. The number of hydrogen-bond donors (Lipinski definition) is 1. The van der Waals surface area contributed by atoms with E-state index in [1.165, 1.54) is 0 Å². The third-order valence-electron chi connectivity index (χ3n) is 5.02. The van der Waals surface area contributed by atoms with Crippen molar-refractivity contribution in [3.05, 3.63) is 80.9 Å². The molecule has 8 heteroatoms. The zero-order valence-corrected chi connectivity index (χ0v) is 17.9. The number of H-pyrrole nitrogens is 1. The number of aryl methyl sites for hydroxylation is 2. The van der Waals surface area contributed by atoms with Crippen LogP contribution < -0.4 is 5.56 Å². The Morgan fingerprint density at radius 1 is 1.16 bits per heavy atom. The number of carbonyl (C=O) groups excluding carboxylic acids is 1. The van der Waals surface area contributed by atoms with E-state index in [4.69, 9.17) is 16.1 Å². The summed E-state index contributed by atoms with van der Waals surface area (Å²) in [4.78, 5) is 33.7. The standard InChI is InChI=1S/C23H21ClN4O3/c1-14-3-8-19-16(11-14)12-18(23(30)25-19)22-26-20(31-27-22)9-10-21(29)28(2)13-15-4-6-17(24)7-5-15/h3-8,11-12H,9-10,13H2,1-2H3,(H,25,30). The number of rotatable bonds is 6. The summed E-state index contributed by atoms with van der Waals surface area (Å²) in [5, 5.41) is 5.48. The molecule has 1 amide bonds. The first-order valence-corrected chi connectivity index (χ1v) is 10.2. The van der Waals surface area contributed by atoms with E-state index in [2.05, 4.69) is 15.1 Å². The molecule has 4 aromatic rings. The van der Waals surface area contributed by atoms with Gasteiger partial charge in [-0.2, -0.15) is 4.98 Å². The number of nitrogens with one attached hydrogen (secondary N) is 1. The number of benzene rings is 2. The second-order valence-electron chi connectivity index (χ2n) is 7.49. The van der Waals surface area contributed by atoms with E-state index in [0.29, 0.717) is 29.4 Å². The van der Waals surface area contributed by atoms with Gasteiger partial charge in [0.2, 0.25) is 17.6 Å². The van der Waals surface area contributed by atoms with Crippen LogP contribution in [0.5, 0.6) is 0 Å². The highest BCUT2D eigenvalue weighted by Gasteiger charge is 2.16. The van der Waals surface area contributed by atoms with Gasteiger partial charge in [0, 0.05) is 37.0 Å². The van der Waals surface area contributed by atoms with Crippen molar-refractivity contribution in [2.24, 2.45) is 0 Å². The lowest BCUT2D eigenvalue weighted by molar-refractivity contribution is -0.130. The summed E-state index contributed by atoms with van der Waals surface area (Å²) < 4.78 is 5.27. The number of aromatic nitrogens is 3. The van der Waals surface area contributed by atoms with Gasteiger partial charge in [-0.05, 0) is 48.2 Å². The molecule has 0 spiro atoms. The van der Waals surface area contributed by atoms with E-state index < -0.39 is 0 Å². The molecule has 0 saturated heterocycles. The van der Waals surface area contributed by atoms with E-state index in [-0.39, 0.29) is 23.7 Å². The monoisotopic (exact) mass is 436 g/mol. The third kappa shape index (κ3) is 4.83. The summed E-state index contributed by atoms with van der Waals surface area (Å²) in [5.74, 6) is 0.474. The van der Waals surface area contributed by atoms with Gasteiger partial charge in [0.25, 0.3) is 5.56 Å². The molecule has 31 heavy (non-hydrogen) atoms. The lowest BCUT2D eigenvalue weighted by Gasteiger charge is -2.16. The van der Waals surface area contributed by atoms with Crippen molar-refractivity contribution in [3.8, 4) is 11.4 Å². The Bertz CT molecular complexity index is 1290. The van der Waals surface area contributed by atoms with Crippen LogP contribution in [-0.2, 0) is 17.8 Å². The summed E-state index contributed by atoms with van der Waals surface area (Å²) in [7, 11) is 1.74. The molecule has 0 radical (unpaired) electrons. The smallest absolute Gasteiger partial charge is 0.259 e. The molecule has 0 saturated carbocycles. The van der Waals surface area contributed by atoms with Gasteiger partial charge in [-0.15, -0.1) is 0 Å². The fourth-order valence-electron chi connectivity index (χ4n) is 3.31. The van der Waals surface area contributed by atoms with Crippen molar-refractivity contribution in [1.82, 2.24) is 20.0 Å². The number of hydrogen-bond acceptors (Lipinski definition) is 5. The Morgan fingerprint density at radius 2 is 1.94 bits per heavy atom. The summed E-state index contributed by atoms with van der Waals surface area (Å²) in [6, 6.07) is 14.9. The molecule has 0 atom stereocenters. The fourth-order valence-corrected chi connectivity index (χ4v) is 3.44. The topological polar surface area (TPSA) is 92.1 Å². The largest absolute Gasteiger partial charge is 0.341 e. The highest BCUT2D eigenvalue weighted by Crippen LogP contribution is 2.19. The normalized spacial score (nSPS) is 11.1. The Balaban J connectivity index is 1.43. The predicted octanol–water partition coefficient (Wildman–Crippen LogP) is 4.13. The zero-order chi connectivity index (χ0) is 22.0. The summed E-state index contributed by atoms with van der Waals surface area (Å²) >= 11 is 5.89. The average molecular weight is 437 g/mol. The molecule has 7 nitrogen and oxygen atoms in total. The van der Waals surface area contributed by atoms with E-state index in [1.807, 2.05) is 37.3 Å². The number of amides is 1. The van der Waals surface area contributed by atoms with Gasteiger partial charge < -0.3 is 14.4 Å². The van der Waals surface area contributed by atoms with Gasteiger partial charge in [-0.3, -0.25) is 9.59 Å². The number of carbonyl (C=O) groups is 1. The van der Waals surface area contributed by atoms with Crippen molar-refractivity contribution in [1.29, 1.82) is 0 Å². The van der Waals surface area contributed by atoms with Crippen LogP contribution in [0.4, 0.5) is 0 Å². The Morgan fingerprint density at radius 3 is 2.71 bits per heavy atom. The second-order valence-corrected chi connectivity index (χ2v) is 7.93. The highest BCUT2D eigenvalue weighted by molar-refractivity contribution is 6.30. The van der Waals surface area contributed by atoms with E-state index >= 15 is 0 Å². The molecule has 2 heterocycles. The van der Waals surface area contributed by atoms with Crippen LogP contribution in [0.3, 0.4) is 0 Å². The van der Waals surface area contributed by atoms with Crippen LogP contribution >= 0.6 is 11.6 Å². The number of pyridine rings is 1. The molecule has 2 aromatic heterocycles. The highest BCUT2D eigenvalue weighted by atomic mass is 35.5. The SMILES string of the molecule is Cc1ccc2[nH]c(=O)c(-c3noc(CCC(=O)N(C)Cc4ccc(Cl)cc4)n3)cc2c1.